The zero-order valence-corrected chi connectivity index (χ0v) is 18.2. The predicted octanol–water partition coefficient (Wildman–Crippen LogP) is 4.01. The normalized spacial score (nSPS) is 17.2. The Bertz CT molecular complexity index is 953. The van der Waals surface area contributed by atoms with Crippen LogP contribution in [0.4, 0.5) is 21.5 Å². The number of piperazine rings is 1. The number of hydrogen-bond donors (Lipinski definition) is 0. The molecule has 2 aliphatic heterocycles. The number of nitro benzene ring substituents is 1. The minimum atomic E-state index is -0.543. The maximum atomic E-state index is 14.8. The molecule has 0 saturated carbocycles. The lowest BCUT2D eigenvalue weighted by atomic mass is 10.1. The number of rotatable bonds is 5. The highest BCUT2D eigenvalue weighted by Crippen LogP contribution is 2.36. The smallest absolute Gasteiger partial charge is 0.295 e. The molecule has 2 heterocycles. The highest BCUT2D eigenvalue weighted by molar-refractivity contribution is 5.79. The van der Waals surface area contributed by atoms with Crippen LogP contribution >= 0.6 is 0 Å². The van der Waals surface area contributed by atoms with E-state index in [1.54, 1.807) is 11.0 Å². The van der Waals surface area contributed by atoms with E-state index in [0.717, 1.165) is 50.4 Å². The van der Waals surface area contributed by atoms with Gasteiger partial charge >= 0.3 is 0 Å². The van der Waals surface area contributed by atoms with Crippen LogP contribution in [0.2, 0.25) is 0 Å². The molecular formula is C24H29FN4O3. The van der Waals surface area contributed by atoms with Gasteiger partial charge in [-0.25, -0.2) is 4.39 Å². The molecule has 0 aliphatic carbocycles. The number of carbonyl (C=O) groups is 1. The molecule has 2 aromatic carbocycles. The summed E-state index contributed by atoms with van der Waals surface area (Å²) in [5.41, 5.74) is 1.63. The quantitative estimate of drug-likeness (QED) is 0.519. The van der Waals surface area contributed by atoms with Crippen molar-refractivity contribution in [1.29, 1.82) is 0 Å². The Morgan fingerprint density at radius 3 is 2.12 bits per heavy atom. The summed E-state index contributed by atoms with van der Waals surface area (Å²) >= 11 is 0. The van der Waals surface area contributed by atoms with Gasteiger partial charge in [-0.1, -0.05) is 43.2 Å². The molecule has 0 N–H and O–H groups in total. The lowest BCUT2D eigenvalue weighted by molar-refractivity contribution is -0.384. The van der Waals surface area contributed by atoms with Crippen LogP contribution in [-0.2, 0) is 11.2 Å². The molecule has 0 bridgehead atoms. The first-order valence-electron chi connectivity index (χ1n) is 11.3. The fraction of sp³-hybridized carbons (Fsp3) is 0.458. The van der Waals surface area contributed by atoms with Crippen molar-refractivity contribution in [2.75, 3.05) is 49.1 Å². The molecule has 0 unspecified atom stereocenters. The maximum absolute atomic E-state index is 14.8. The summed E-state index contributed by atoms with van der Waals surface area (Å²) < 4.78 is 14.8. The van der Waals surface area contributed by atoms with Crippen molar-refractivity contribution in [3.63, 3.8) is 0 Å². The van der Waals surface area contributed by atoms with Crippen molar-refractivity contribution >= 4 is 23.0 Å². The molecule has 0 spiro atoms. The standard InChI is InChI=1S/C24H29FN4O3/c25-20-17-23(29(31)32)22(18-21(20)26-10-6-1-2-7-11-26)27-12-14-28(15-13-27)24(30)16-19-8-4-3-5-9-19/h3-5,8-9,17-18H,1-2,6-7,10-16H2. The Morgan fingerprint density at radius 2 is 1.50 bits per heavy atom. The lowest BCUT2D eigenvalue weighted by Gasteiger charge is -2.36. The van der Waals surface area contributed by atoms with Crippen LogP contribution in [-0.4, -0.2) is 55.0 Å². The molecule has 2 aromatic rings. The number of nitro groups is 1. The first-order chi connectivity index (χ1) is 15.5. The van der Waals surface area contributed by atoms with Crippen molar-refractivity contribution in [1.82, 2.24) is 4.90 Å². The number of anilines is 2. The van der Waals surface area contributed by atoms with E-state index < -0.39 is 10.7 Å². The number of halogens is 1. The van der Waals surface area contributed by atoms with Crippen LogP contribution in [0.15, 0.2) is 42.5 Å². The number of nitrogens with zero attached hydrogens (tertiary/aromatic N) is 4. The van der Waals surface area contributed by atoms with E-state index in [1.807, 2.05) is 40.1 Å². The van der Waals surface area contributed by atoms with E-state index >= 15 is 0 Å². The number of hydrogen-bond acceptors (Lipinski definition) is 5. The lowest BCUT2D eigenvalue weighted by Crippen LogP contribution is -2.49. The van der Waals surface area contributed by atoms with Crippen molar-refractivity contribution in [2.24, 2.45) is 0 Å². The summed E-state index contributed by atoms with van der Waals surface area (Å²) in [6.07, 6.45) is 4.58. The molecule has 170 valence electrons. The first kappa shape index (κ1) is 22.0. The Morgan fingerprint density at radius 1 is 0.875 bits per heavy atom. The molecule has 2 aliphatic rings. The molecule has 1 amide bonds. The van der Waals surface area contributed by atoms with Crippen LogP contribution in [0.1, 0.15) is 31.2 Å². The van der Waals surface area contributed by atoms with E-state index in [0.29, 0.717) is 44.0 Å². The third-order valence-corrected chi connectivity index (χ3v) is 6.36. The molecule has 0 atom stereocenters. The van der Waals surface area contributed by atoms with E-state index in [4.69, 9.17) is 0 Å². The molecule has 32 heavy (non-hydrogen) atoms. The van der Waals surface area contributed by atoms with Crippen molar-refractivity contribution < 1.29 is 14.1 Å². The Hall–Kier alpha value is -3.16. The van der Waals surface area contributed by atoms with Gasteiger partial charge < -0.3 is 14.7 Å². The summed E-state index contributed by atoms with van der Waals surface area (Å²) in [5, 5.41) is 11.7. The summed E-state index contributed by atoms with van der Waals surface area (Å²) in [4.78, 5) is 29.5. The van der Waals surface area contributed by atoms with Crippen molar-refractivity contribution in [2.45, 2.75) is 32.1 Å². The number of carbonyl (C=O) groups excluding carboxylic acids is 1. The first-order valence-corrected chi connectivity index (χ1v) is 11.3. The van der Waals surface area contributed by atoms with Crippen LogP contribution in [0.25, 0.3) is 0 Å². The monoisotopic (exact) mass is 440 g/mol. The summed E-state index contributed by atoms with van der Waals surface area (Å²) in [6.45, 7) is 3.45. The van der Waals surface area contributed by atoms with E-state index in [9.17, 15) is 19.3 Å². The highest BCUT2D eigenvalue weighted by Gasteiger charge is 2.29. The molecule has 0 aromatic heterocycles. The second-order valence-electron chi connectivity index (χ2n) is 8.48. The second kappa shape index (κ2) is 9.97. The van der Waals surface area contributed by atoms with Gasteiger partial charge in [0.05, 0.1) is 23.1 Å². The SMILES string of the molecule is O=C(Cc1ccccc1)N1CCN(c2cc(N3CCCCCC3)c(F)cc2[N+](=O)[O-])CC1. The van der Waals surface area contributed by atoms with Gasteiger partial charge in [0, 0.05) is 39.3 Å². The highest BCUT2D eigenvalue weighted by atomic mass is 19.1. The van der Waals surface area contributed by atoms with Crippen molar-refractivity contribution in [3.8, 4) is 0 Å². The number of amides is 1. The molecule has 2 fully saturated rings. The molecule has 8 heteroatoms. The minimum Gasteiger partial charge on any atom is -0.369 e. The maximum Gasteiger partial charge on any atom is 0.295 e. The molecular weight excluding hydrogens is 411 g/mol. The fourth-order valence-corrected chi connectivity index (χ4v) is 4.57. The second-order valence-corrected chi connectivity index (χ2v) is 8.48. The molecule has 0 radical (unpaired) electrons. The van der Waals surface area contributed by atoms with Crippen LogP contribution in [0.3, 0.4) is 0 Å². The van der Waals surface area contributed by atoms with Gasteiger partial charge in [0.1, 0.15) is 5.69 Å². The van der Waals surface area contributed by atoms with Gasteiger partial charge in [0.2, 0.25) is 5.91 Å². The van der Waals surface area contributed by atoms with Gasteiger partial charge in [-0.05, 0) is 24.5 Å². The largest absolute Gasteiger partial charge is 0.369 e. The average molecular weight is 441 g/mol. The van der Waals surface area contributed by atoms with Gasteiger partial charge in [-0.3, -0.25) is 14.9 Å². The fourth-order valence-electron chi connectivity index (χ4n) is 4.57. The zero-order valence-electron chi connectivity index (χ0n) is 18.2. The summed E-state index contributed by atoms with van der Waals surface area (Å²) in [5.74, 6) is -0.492. The Kier molecular flexibility index (Phi) is 6.87. The zero-order chi connectivity index (χ0) is 22.5. The van der Waals surface area contributed by atoms with Crippen molar-refractivity contribution in [3.05, 3.63) is 64.0 Å². The summed E-state index contributed by atoms with van der Waals surface area (Å²) in [6, 6.07) is 12.3. The molecule has 2 saturated heterocycles. The van der Waals surface area contributed by atoms with Gasteiger partial charge in [-0.2, -0.15) is 0 Å². The van der Waals surface area contributed by atoms with Crippen LogP contribution in [0.5, 0.6) is 0 Å². The third-order valence-electron chi connectivity index (χ3n) is 6.36. The van der Waals surface area contributed by atoms with Crippen LogP contribution in [0, 0.1) is 15.9 Å². The number of benzene rings is 2. The van der Waals surface area contributed by atoms with Gasteiger partial charge in [-0.15, -0.1) is 0 Å². The molecule has 7 nitrogen and oxygen atoms in total. The van der Waals surface area contributed by atoms with Gasteiger partial charge in [0.15, 0.2) is 5.82 Å². The van der Waals surface area contributed by atoms with Crippen LogP contribution < -0.4 is 9.80 Å². The summed E-state index contributed by atoms with van der Waals surface area (Å²) in [7, 11) is 0. The Balaban J connectivity index is 1.49. The minimum absolute atomic E-state index is 0.0507. The predicted molar refractivity (Wildman–Crippen MR) is 123 cm³/mol. The Labute approximate surface area is 187 Å². The van der Waals surface area contributed by atoms with E-state index in [2.05, 4.69) is 0 Å². The third kappa shape index (κ3) is 5.00. The topological polar surface area (TPSA) is 69.9 Å². The van der Waals surface area contributed by atoms with Gasteiger partial charge in [0.25, 0.3) is 5.69 Å². The van der Waals surface area contributed by atoms with E-state index in [1.165, 1.54) is 0 Å². The molecule has 4 rings (SSSR count). The average Bonchev–Trinajstić information content (AvgIpc) is 3.09. The van der Waals surface area contributed by atoms with E-state index in [-0.39, 0.29) is 11.6 Å².